The Morgan fingerprint density at radius 3 is 2.62 bits per heavy atom. The van der Waals surface area contributed by atoms with Crippen LogP contribution in [0.1, 0.15) is 17.3 Å². The zero-order chi connectivity index (χ0) is 16.4. The lowest BCUT2D eigenvalue weighted by atomic mass is 10.0. The smallest absolute Gasteiger partial charge is 0.257 e. The highest BCUT2D eigenvalue weighted by Crippen LogP contribution is 2.34. The van der Waals surface area contributed by atoms with Gasteiger partial charge in [-0.25, -0.2) is 0 Å². The minimum Gasteiger partial charge on any atom is -0.506 e. The number of hydrogen-bond donors (Lipinski definition) is 2. The number of phenolic OH excluding ortho intramolecular Hbond substituents is 1. The van der Waals surface area contributed by atoms with Gasteiger partial charge in [-0.05, 0) is 30.2 Å². The second-order valence-electron chi connectivity index (χ2n) is 5.83. The lowest BCUT2D eigenvalue weighted by Crippen LogP contribution is -2.51. The van der Waals surface area contributed by atoms with Gasteiger partial charge in [0.1, 0.15) is 5.75 Å². The summed E-state index contributed by atoms with van der Waals surface area (Å²) in [6, 6.07) is 13.3. The van der Waals surface area contributed by atoms with E-state index in [4.69, 9.17) is 11.6 Å². The van der Waals surface area contributed by atoms with Crippen LogP contribution in [0.3, 0.4) is 0 Å². The van der Waals surface area contributed by atoms with Gasteiger partial charge in [0, 0.05) is 25.7 Å². The first-order valence-electron chi connectivity index (χ1n) is 7.67. The van der Waals surface area contributed by atoms with Crippen molar-refractivity contribution < 1.29 is 9.90 Å². The zero-order valence-electron chi connectivity index (χ0n) is 13.3. The van der Waals surface area contributed by atoms with Gasteiger partial charge in [-0.1, -0.05) is 41.9 Å². The summed E-state index contributed by atoms with van der Waals surface area (Å²) in [6.45, 7) is 4.02. The first-order chi connectivity index (χ1) is 11.1. The Labute approximate surface area is 152 Å². The average Bonchev–Trinajstić information content (AvgIpc) is 2.57. The molecular formula is C18H20Cl2N2O2. The summed E-state index contributed by atoms with van der Waals surface area (Å²) >= 11 is 6.15. The van der Waals surface area contributed by atoms with Crippen LogP contribution in [0.15, 0.2) is 42.5 Å². The first kappa shape index (κ1) is 18.6. The number of carbonyl (C=O) groups excluding carboxylic acids is 1. The molecule has 0 saturated carbocycles. The Morgan fingerprint density at radius 2 is 1.96 bits per heavy atom. The minimum absolute atomic E-state index is 0. The Morgan fingerprint density at radius 1 is 1.25 bits per heavy atom. The SMILES string of the molecule is C[C@@H]1CN(C(=O)c2cc(-c3ccccc3)cc(Cl)c2O)CCN1.Cl. The number of nitrogens with one attached hydrogen (secondary N) is 1. The maximum absolute atomic E-state index is 12.8. The predicted molar refractivity (Wildman–Crippen MR) is 99.2 cm³/mol. The number of benzene rings is 2. The number of carbonyl (C=O) groups is 1. The van der Waals surface area contributed by atoms with Gasteiger partial charge in [0.15, 0.2) is 0 Å². The van der Waals surface area contributed by atoms with Crippen LogP contribution in [-0.2, 0) is 0 Å². The number of halogens is 2. The van der Waals surface area contributed by atoms with E-state index < -0.39 is 0 Å². The van der Waals surface area contributed by atoms with Gasteiger partial charge < -0.3 is 15.3 Å². The van der Waals surface area contributed by atoms with E-state index in [-0.39, 0.29) is 40.7 Å². The van der Waals surface area contributed by atoms with Gasteiger partial charge in [0.05, 0.1) is 10.6 Å². The fourth-order valence-corrected chi connectivity index (χ4v) is 3.07. The van der Waals surface area contributed by atoms with Crippen molar-refractivity contribution in [3.8, 4) is 16.9 Å². The molecule has 24 heavy (non-hydrogen) atoms. The average molecular weight is 367 g/mol. The molecule has 2 aromatic carbocycles. The van der Waals surface area contributed by atoms with Crippen LogP contribution in [-0.4, -0.2) is 41.6 Å². The summed E-state index contributed by atoms with van der Waals surface area (Å²) in [5.41, 5.74) is 2.03. The molecule has 3 rings (SSSR count). The van der Waals surface area contributed by atoms with Gasteiger partial charge in [0.2, 0.25) is 0 Å². The second-order valence-corrected chi connectivity index (χ2v) is 6.23. The van der Waals surface area contributed by atoms with E-state index in [0.29, 0.717) is 13.1 Å². The first-order valence-corrected chi connectivity index (χ1v) is 8.04. The van der Waals surface area contributed by atoms with Crippen LogP contribution in [0, 0.1) is 0 Å². The molecule has 2 N–H and O–H groups in total. The van der Waals surface area contributed by atoms with E-state index in [9.17, 15) is 9.90 Å². The molecular weight excluding hydrogens is 347 g/mol. The van der Waals surface area contributed by atoms with Gasteiger partial charge >= 0.3 is 0 Å². The van der Waals surface area contributed by atoms with E-state index in [1.54, 1.807) is 17.0 Å². The van der Waals surface area contributed by atoms with E-state index in [2.05, 4.69) is 5.32 Å². The normalized spacial score (nSPS) is 17.2. The summed E-state index contributed by atoms with van der Waals surface area (Å²) < 4.78 is 0. The van der Waals surface area contributed by atoms with Crippen molar-refractivity contribution in [2.24, 2.45) is 0 Å². The Bertz CT molecular complexity index is 722. The number of hydrogen-bond acceptors (Lipinski definition) is 3. The largest absolute Gasteiger partial charge is 0.506 e. The number of aromatic hydroxyl groups is 1. The lowest BCUT2D eigenvalue weighted by molar-refractivity contribution is 0.0706. The van der Waals surface area contributed by atoms with Gasteiger partial charge in [-0.2, -0.15) is 0 Å². The number of nitrogens with zero attached hydrogens (tertiary/aromatic N) is 1. The molecule has 1 atom stereocenters. The van der Waals surface area contributed by atoms with E-state index in [0.717, 1.165) is 17.7 Å². The van der Waals surface area contributed by atoms with Crippen LogP contribution in [0.5, 0.6) is 5.75 Å². The summed E-state index contributed by atoms with van der Waals surface area (Å²) in [6.07, 6.45) is 0. The summed E-state index contributed by atoms with van der Waals surface area (Å²) in [4.78, 5) is 14.5. The lowest BCUT2D eigenvalue weighted by Gasteiger charge is -2.32. The fraction of sp³-hybridized carbons (Fsp3) is 0.278. The molecule has 0 spiro atoms. The molecule has 0 aliphatic carbocycles. The van der Waals surface area contributed by atoms with Crippen molar-refractivity contribution in [2.75, 3.05) is 19.6 Å². The van der Waals surface area contributed by atoms with Crippen molar-refractivity contribution in [3.05, 3.63) is 53.1 Å². The molecule has 1 fully saturated rings. The maximum atomic E-state index is 12.8. The molecule has 1 saturated heterocycles. The molecule has 0 bridgehead atoms. The standard InChI is InChI=1S/C18H19ClN2O2.ClH/c1-12-11-21(8-7-20-12)18(23)15-9-14(10-16(19)17(15)22)13-5-3-2-4-6-13;/h2-6,9-10,12,20,22H,7-8,11H2,1H3;1H/t12-;/m1./s1. The summed E-state index contributed by atoms with van der Waals surface area (Å²) in [7, 11) is 0. The van der Waals surface area contributed by atoms with Crippen molar-refractivity contribution >= 4 is 29.9 Å². The van der Waals surface area contributed by atoms with Crippen LogP contribution in [0.25, 0.3) is 11.1 Å². The predicted octanol–water partition coefficient (Wildman–Crippen LogP) is 3.57. The third-order valence-corrected chi connectivity index (χ3v) is 4.35. The summed E-state index contributed by atoms with van der Waals surface area (Å²) in [5, 5.41) is 13.7. The zero-order valence-corrected chi connectivity index (χ0v) is 14.9. The quantitative estimate of drug-likeness (QED) is 0.853. The molecule has 1 heterocycles. The maximum Gasteiger partial charge on any atom is 0.257 e. The molecule has 0 radical (unpaired) electrons. The van der Waals surface area contributed by atoms with Crippen molar-refractivity contribution in [1.82, 2.24) is 10.2 Å². The number of amides is 1. The second kappa shape index (κ2) is 7.88. The Balaban J connectivity index is 0.00000208. The van der Waals surface area contributed by atoms with E-state index in [1.165, 1.54) is 0 Å². The van der Waals surface area contributed by atoms with Crippen LogP contribution in [0.2, 0.25) is 5.02 Å². The molecule has 0 aromatic heterocycles. The third kappa shape index (κ3) is 3.83. The van der Waals surface area contributed by atoms with Crippen LogP contribution >= 0.6 is 24.0 Å². The molecule has 1 aliphatic heterocycles. The summed E-state index contributed by atoms with van der Waals surface area (Å²) in [5.74, 6) is -0.335. The monoisotopic (exact) mass is 366 g/mol. The highest BCUT2D eigenvalue weighted by molar-refractivity contribution is 6.33. The van der Waals surface area contributed by atoms with E-state index in [1.807, 2.05) is 37.3 Å². The fourth-order valence-electron chi connectivity index (χ4n) is 2.85. The van der Waals surface area contributed by atoms with Crippen molar-refractivity contribution in [2.45, 2.75) is 13.0 Å². The third-order valence-electron chi connectivity index (χ3n) is 4.06. The van der Waals surface area contributed by atoms with Gasteiger partial charge in [0.25, 0.3) is 5.91 Å². The molecule has 2 aromatic rings. The van der Waals surface area contributed by atoms with Crippen molar-refractivity contribution in [3.63, 3.8) is 0 Å². The molecule has 6 heteroatoms. The molecule has 0 unspecified atom stereocenters. The van der Waals surface area contributed by atoms with Crippen molar-refractivity contribution in [1.29, 1.82) is 0 Å². The molecule has 4 nitrogen and oxygen atoms in total. The topological polar surface area (TPSA) is 52.6 Å². The number of phenols is 1. The van der Waals surface area contributed by atoms with Crippen LogP contribution < -0.4 is 5.32 Å². The highest BCUT2D eigenvalue weighted by Gasteiger charge is 2.25. The number of rotatable bonds is 2. The van der Waals surface area contributed by atoms with Gasteiger partial charge in [-0.15, -0.1) is 12.4 Å². The van der Waals surface area contributed by atoms with Crippen LogP contribution in [0.4, 0.5) is 0 Å². The highest BCUT2D eigenvalue weighted by atomic mass is 35.5. The molecule has 1 aliphatic rings. The van der Waals surface area contributed by atoms with E-state index >= 15 is 0 Å². The van der Waals surface area contributed by atoms with Gasteiger partial charge in [-0.3, -0.25) is 4.79 Å². The molecule has 128 valence electrons. The Hall–Kier alpha value is -1.75. The molecule has 1 amide bonds. The Kier molecular flexibility index (Phi) is 6.10. The number of piperazine rings is 1. The minimum atomic E-state index is -0.185.